The predicted molar refractivity (Wildman–Crippen MR) is 101 cm³/mol. The Morgan fingerprint density at radius 1 is 0.870 bits per heavy atom. The molecule has 0 aliphatic carbocycles. The van der Waals surface area contributed by atoms with Gasteiger partial charge >= 0.3 is 0 Å². The Bertz CT molecular complexity index is 976. The second kappa shape index (κ2) is 5.77. The van der Waals surface area contributed by atoms with Gasteiger partial charge in [-0.3, -0.25) is 0 Å². The van der Waals surface area contributed by atoms with Crippen molar-refractivity contribution in [3.63, 3.8) is 0 Å². The molecule has 2 aromatic carbocycles. The van der Waals surface area contributed by atoms with Crippen LogP contribution in [0.5, 0.6) is 0 Å². The molecule has 0 fully saturated rings. The van der Waals surface area contributed by atoms with Crippen LogP contribution in [0.1, 0.15) is 5.69 Å². The van der Waals surface area contributed by atoms with E-state index in [2.05, 4.69) is 52.9 Å². The van der Waals surface area contributed by atoms with Crippen LogP contribution in [0.25, 0.3) is 28.2 Å². The maximum Gasteiger partial charge on any atom is 0.170 e. The summed E-state index contributed by atoms with van der Waals surface area (Å²) in [5.74, 6) is 0. The van der Waals surface area contributed by atoms with Gasteiger partial charge in [0.25, 0.3) is 0 Å². The number of benzene rings is 2. The molecule has 3 nitrogen and oxygen atoms in total. The van der Waals surface area contributed by atoms with Gasteiger partial charge in [0.15, 0.2) is 5.65 Å². The minimum atomic E-state index is 0.906. The Morgan fingerprint density at radius 3 is 2.13 bits per heavy atom. The molecule has 0 spiro atoms. The Balaban J connectivity index is 2.03. The first-order valence-electron chi connectivity index (χ1n) is 7.41. The molecule has 4 heteroatoms. The minimum Gasteiger partial charge on any atom is -0.233 e. The number of fused-ring (bicyclic) bond motifs is 1. The third kappa shape index (κ3) is 2.53. The third-order valence-corrected chi connectivity index (χ3v) is 4.77. The molecule has 0 atom stereocenters. The average Bonchev–Trinajstić information content (AvgIpc) is 2.93. The van der Waals surface area contributed by atoms with Crippen molar-refractivity contribution >= 4 is 28.2 Å². The standard InChI is InChI=1S/C19H14IN3/c1-13-12-16(14-8-4-2-5-9-14)23-19(21-13)17(20)18(22-23)15-10-6-3-7-11-15/h2-12H,1H3. The monoisotopic (exact) mass is 411 g/mol. The predicted octanol–water partition coefficient (Wildman–Crippen LogP) is 4.98. The van der Waals surface area contributed by atoms with Crippen molar-refractivity contribution in [3.05, 3.63) is 76.0 Å². The molecular weight excluding hydrogens is 397 g/mol. The maximum atomic E-state index is 4.85. The quantitative estimate of drug-likeness (QED) is 0.436. The normalized spacial score (nSPS) is 11.0. The highest BCUT2D eigenvalue weighted by molar-refractivity contribution is 14.1. The molecule has 0 unspecified atom stereocenters. The lowest BCUT2D eigenvalue weighted by molar-refractivity contribution is 0.942. The summed E-state index contributed by atoms with van der Waals surface area (Å²) in [6, 6.07) is 22.7. The number of rotatable bonds is 2. The lowest BCUT2D eigenvalue weighted by Gasteiger charge is -2.06. The van der Waals surface area contributed by atoms with E-state index in [0.717, 1.165) is 37.4 Å². The lowest BCUT2D eigenvalue weighted by atomic mass is 10.1. The molecule has 0 N–H and O–H groups in total. The molecule has 0 radical (unpaired) electrons. The zero-order chi connectivity index (χ0) is 15.8. The molecule has 4 aromatic rings. The molecule has 0 saturated carbocycles. The van der Waals surface area contributed by atoms with Gasteiger partial charge < -0.3 is 0 Å². The fourth-order valence-corrected chi connectivity index (χ4v) is 3.48. The van der Waals surface area contributed by atoms with Crippen molar-refractivity contribution < 1.29 is 0 Å². The SMILES string of the molecule is Cc1cc(-c2ccccc2)n2nc(-c3ccccc3)c(I)c2n1. The van der Waals surface area contributed by atoms with E-state index in [1.165, 1.54) is 0 Å². The summed E-state index contributed by atoms with van der Waals surface area (Å²) in [6.45, 7) is 2.03. The van der Waals surface area contributed by atoms with Crippen LogP contribution in [0.2, 0.25) is 0 Å². The van der Waals surface area contributed by atoms with Gasteiger partial charge in [-0.15, -0.1) is 0 Å². The Kier molecular flexibility index (Phi) is 3.61. The molecule has 4 rings (SSSR count). The lowest BCUT2D eigenvalue weighted by Crippen LogP contribution is -1.98. The van der Waals surface area contributed by atoms with Gasteiger partial charge in [-0.1, -0.05) is 60.7 Å². The molecular formula is C19H14IN3. The van der Waals surface area contributed by atoms with Crippen molar-refractivity contribution in [1.82, 2.24) is 14.6 Å². The molecule has 2 aromatic heterocycles. The molecule has 23 heavy (non-hydrogen) atoms. The topological polar surface area (TPSA) is 30.2 Å². The van der Waals surface area contributed by atoms with Gasteiger partial charge in [0, 0.05) is 16.8 Å². The van der Waals surface area contributed by atoms with E-state index in [0.29, 0.717) is 0 Å². The second-order valence-corrected chi connectivity index (χ2v) is 6.49. The highest BCUT2D eigenvalue weighted by atomic mass is 127. The van der Waals surface area contributed by atoms with Crippen molar-refractivity contribution in [2.24, 2.45) is 0 Å². The number of hydrogen-bond donors (Lipinski definition) is 0. The van der Waals surface area contributed by atoms with Crippen molar-refractivity contribution in [3.8, 4) is 22.5 Å². The van der Waals surface area contributed by atoms with E-state index in [-0.39, 0.29) is 0 Å². The molecule has 0 aliphatic heterocycles. The van der Waals surface area contributed by atoms with E-state index >= 15 is 0 Å². The van der Waals surface area contributed by atoms with E-state index in [1.54, 1.807) is 0 Å². The van der Waals surface area contributed by atoms with Crippen LogP contribution >= 0.6 is 22.6 Å². The third-order valence-electron chi connectivity index (χ3n) is 3.78. The van der Waals surface area contributed by atoms with Crippen molar-refractivity contribution in [1.29, 1.82) is 0 Å². The molecule has 112 valence electrons. The van der Waals surface area contributed by atoms with Gasteiger partial charge in [-0.25, -0.2) is 9.50 Å². The first kappa shape index (κ1) is 14.4. The fourth-order valence-electron chi connectivity index (χ4n) is 2.71. The highest BCUT2D eigenvalue weighted by Gasteiger charge is 2.16. The molecule has 2 heterocycles. The van der Waals surface area contributed by atoms with E-state index in [9.17, 15) is 0 Å². The maximum absolute atomic E-state index is 4.85. The number of aromatic nitrogens is 3. The summed E-state index contributed by atoms with van der Waals surface area (Å²) in [7, 11) is 0. The van der Waals surface area contributed by atoms with Crippen LogP contribution in [0.3, 0.4) is 0 Å². The summed E-state index contributed by atoms with van der Waals surface area (Å²) in [5.41, 5.74) is 6.19. The summed E-state index contributed by atoms with van der Waals surface area (Å²) >= 11 is 2.34. The Hall–Kier alpha value is -2.21. The summed E-state index contributed by atoms with van der Waals surface area (Å²) < 4.78 is 3.03. The molecule has 0 saturated heterocycles. The first-order chi connectivity index (χ1) is 11.2. The van der Waals surface area contributed by atoms with Crippen LogP contribution in [0.15, 0.2) is 66.7 Å². The number of aryl methyl sites for hydroxylation is 1. The van der Waals surface area contributed by atoms with Crippen LogP contribution in [-0.2, 0) is 0 Å². The van der Waals surface area contributed by atoms with Crippen molar-refractivity contribution in [2.45, 2.75) is 6.92 Å². The van der Waals surface area contributed by atoms with Gasteiger partial charge in [0.05, 0.1) is 9.26 Å². The van der Waals surface area contributed by atoms with Crippen LogP contribution < -0.4 is 0 Å². The van der Waals surface area contributed by atoms with Gasteiger partial charge in [-0.2, -0.15) is 5.10 Å². The van der Waals surface area contributed by atoms with Gasteiger partial charge in [0.2, 0.25) is 0 Å². The van der Waals surface area contributed by atoms with Gasteiger partial charge in [0.1, 0.15) is 5.69 Å². The molecule has 0 bridgehead atoms. The summed E-state index contributed by atoms with van der Waals surface area (Å²) in [4.78, 5) is 4.70. The average molecular weight is 411 g/mol. The smallest absolute Gasteiger partial charge is 0.170 e. The van der Waals surface area contributed by atoms with Crippen LogP contribution in [0, 0.1) is 10.5 Å². The number of nitrogens with zero attached hydrogens (tertiary/aromatic N) is 3. The molecule has 0 amide bonds. The van der Waals surface area contributed by atoms with E-state index in [4.69, 9.17) is 10.1 Å². The van der Waals surface area contributed by atoms with Crippen LogP contribution in [0.4, 0.5) is 0 Å². The largest absolute Gasteiger partial charge is 0.233 e. The second-order valence-electron chi connectivity index (χ2n) is 5.41. The van der Waals surface area contributed by atoms with E-state index in [1.807, 2.05) is 47.8 Å². The zero-order valence-electron chi connectivity index (χ0n) is 12.6. The van der Waals surface area contributed by atoms with Crippen LogP contribution in [-0.4, -0.2) is 14.6 Å². The number of hydrogen-bond acceptors (Lipinski definition) is 2. The summed E-state index contributed by atoms with van der Waals surface area (Å²) in [6.07, 6.45) is 0. The number of halogens is 1. The Morgan fingerprint density at radius 2 is 1.48 bits per heavy atom. The van der Waals surface area contributed by atoms with E-state index < -0.39 is 0 Å². The fraction of sp³-hybridized carbons (Fsp3) is 0.0526. The van der Waals surface area contributed by atoms with Crippen molar-refractivity contribution in [2.75, 3.05) is 0 Å². The van der Waals surface area contributed by atoms with Gasteiger partial charge in [-0.05, 0) is 35.6 Å². The first-order valence-corrected chi connectivity index (χ1v) is 8.48. The highest BCUT2D eigenvalue weighted by Crippen LogP contribution is 2.30. The zero-order valence-corrected chi connectivity index (χ0v) is 14.7. The summed E-state index contributed by atoms with van der Waals surface area (Å²) in [5, 5.41) is 4.85. The molecule has 0 aliphatic rings. The Labute approximate surface area is 148 Å². The minimum absolute atomic E-state index is 0.906.